The number of nitriles is 2. The molecule has 0 bridgehead atoms. The first-order valence-electron chi connectivity index (χ1n) is 5.93. The molecule has 0 spiro atoms. The molecule has 0 saturated carbocycles. The van der Waals surface area contributed by atoms with Gasteiger partial charge in [-0.05, 0) is 32.0 Å². The van der Waals surface area contributed by atoms with Crippen molar-refractivity contribution in [3.05, 3.63) is 29.3 Å². The van der Waals surface area contributed by atoms with Gasteiger partial charge in [0, 0.05) is 0 Å². The fraction of sp³-hybridized carbons (Fsp3) is 0.429. The second-order valence-electron chi connectivity index (χ2n) is 4.69. The Morgan fingerprint density at radius 1 is 1.32 bits per heavy atom. The first kappa shape index (κ1) is 13.4. The van der Waals surface area contributed by atoms with E-state index in [1.54, 1.807) is 18.2 Å². The molecule has 1 saturated heterocycles. The van der Waals surface area contributed by atoms with Crippen molar-refractivity contribution in [1.29, 1.82) is 10.5 Å². The zero-order valence-corrected chi connectivity index (χ0v) is 10.8. The van der Waals surface area contributed by atoms with Crippen LogP contribution in [0, 0.1) is 22.7 Å². The maximum absolute atomic E-state index is 8.92. The number of ether oxygens (including phenoxy) is 3. The minimum atomic E-state index is -0.573. The van der Waals surface area contributed by atoms with E-state index in [9.17, 15) is 0 Å². The van der Waals surface area contributed by atoms with Gasteiger partial charge in [0.15, 0.2) is 5.79 Å². The van der Waals surface area contributed by atoms with E-state index in [0.29, 0.717) is 30.1 Å². The average Bonchev–Trinajstić information content (AvgIpc) is 2.75. The number of hydrogen-bond donors (Lipinski definition) is 0. The Hall–Kier alpha value is -2.08. The molecule has 5 heteroatoms. The third-order valence-corrected chi connectivity index (χ3v) is 2.74. The lowest BCUT2D eigenvalue weighted by atomic mass is 10.1. The predicted molar refractivity (Wildman–Crippen MR) is 66.3 cm³/mol. The monoisotopic (exact) mass is 258 g/mol. The lowest BCUT2D eigenvalue weighted by Crippen LogP contribution is -2.25. The summed E-state index contributed by atoms with van der Waals surface area (Å²) in [5, 5.41) is 17.7. The Bertz CT molecular complexity index is 555. The van der Waals surface area contributed by atoms with Gasteiger partial charge in [-0.2, -0.15) is 10.5 Å². The Kier molecular flexibility index (Phi) is 3.71. The molecule has 1 heterocycles. The van der Waals surface area contributed by atoms with Crippen molar-refractivity contribution in [1.82, 2.24) is 0 Å². The zero-order valence-electron chi connectivity index (χ0n) is 10.8. The smallest absolute Gasteiger partial charge is 0.163 e. The van der Waals surface area contributed by atoms with E-state index in [2.05, 4.69) is 0 Å². The van der Waals surface area contributed by atoms with Crippen molar-refractivity contribution in [2.45, 2.75) is 25.7 Å². The van der Waals surface area contributed by atoms with Crippen LogP contribution in [0.25, 0.3) is 0 Å². The standard InChI is InChI=1S/C14H14N2O3/c1-14(2)18-9-13(19-14)8-17-12-4-3-10(6-15)11(5-12)7-16/h3-5,13H,8-9H2,1-2H3. The highest BCUT2D eigenvalue weighted by Gasteiger charge is 2.32. The second-order valence-corrected chi connectivity index (χ2v) is 4.69. The molecule has 1 aliphatic rings. The van der Waals surface area contributed by atoms with Gasteiger partial charge in [-0.15, -0.1) is 0 Å². The van der Waals surface area contributed by atoms with Gasteiger partial charge in [0.1, 0.15) is 30.6 Å². The molecule has 0 aromatic heterocycles. The van der Waals surface area contributed by atoms with Crippen LogP contribution in [0.4, 0.5) is 0 Å². The molecule has 1 aromatic rings. The number of rotatable bonds is 3. The van der Waals surface area contributed by atoms with Gasteiger partial charge in [-0.3, -0.25) is 0 Å². The van der Waals surface area contributed by atoms with Crippen LogP contribution in [-0.2, 0) is 9.47 Å². The van der Waals surface area contributed by atoms with Crippen LogP contribution in [0.5, 0.6) is 5.75 Å². The van der Waals surface area contributed by atoms with Crippen LogP contribution in [0.3, 0.4) is 0 Å². The first-order chi connectivity index (χ1) is 9.04. The summed E-state index contributed by atoms with van der Waals surface area (Å²) in [6, 6.07) is 8.72. The summed E-state index contributed by atoms with van der Waals surface area (Å²) in [6.07, 6.45) is -0.129. The van der Waals surface area contributed by atoms with Crippen molar-refractivity contribution in [2.75, 3.05) is 13.2 Å². The van der Waals surface area contributed by atoms with Crippen LogP contribution in [0.1, 0.15) is 25.0 Å². The topological polar surface area (TPSA) is 75.3 Å². The summed E-state index contributed by atoms with van der Waals surface area (Å²) < 4.78 is 16.6. The lowest BCUT2D eigenvalue weighted by molar-refractivity contribution is -0.141. The van der Waals surface area contributed by atoms with E-state index in [0.717, 1.165) is 0 Å². The van der Waals surface area contributed by atoms with Gasteiger partial charge < -0.3 is 14.2 Å². The Balaban J connectivity index is 1.98. The van der Waals surface area contributed by atoms with Crippen molar-refractivity contribution >= 4 is 0 Å². The average molecular weight is 258 g/mol. The van der Waals surface area contributed by atoms with Crippen molar-refractivity contribution in [3.63, 3.8) is 0 Å². The predicted octanol–water partition coefficient (Wildman–Crippen LogP) is 1.96. The molecule has 5 nitrogen and oxygen atoms in total. The van der Waals surface area contributed by atoms with E-state index in [-0.39, 0.29) is 6.10 Å². The SMILES string of the molecule is CC1(C)OCC(COc2ccc(C#N)c(C#N)c2)O1. The molecular weight excluding hydrogens is 244 g/mol. The molecule has 0 N–H and O–H groups in total. The van der Waals surface area contributed by atoms with Crippen molar-refractivity contribution < 1.29 is 14.2 Å². The Labute approximate surface area is 111 Å². The van der Waals surface area contributed by atoms with Gasteiger partial charge in [-0.1, -0.05) is 0 Å². The molecule has 1 aromatic carbocycles. The van der Waals surface area contributed by atoms with Gasteiger partial charge in [0.05, 0.1) is 17.7 Å². The molecule has 0 aliphatic carbocycles. The van der Waals surface area contributed by atoms with E-state index >= 15 is 0 Å². The second kappa shape index (κ2) is 5.27. The molecule has 0 radical (unpaired) electrons. The molecule has 2 rings (SSSR count). The van der Waals surface area contributed by atoms with E-state index in [1.807, 2.05) is 26.0 Å². The first-order valence-corrected chi connectivity index (χ1v) is 5.93. The number of hydrogen-bond acceptors (Lipinski definition) is 5. The summed E-state index contributed by atoms with van der Waals surface area (Å²) in [4.78, 5) is 0. The number of benzene rings is 1. The van der Waals surface area contributed by atoms with E-state index in [4.69, 9.17) is 24.7 Å². The highest BCUT2D eigenvalue weighted by Crippen LogP contribution is 2.23. The molecule has 1 fully saturated rings. The maximum Gasteiger partial charge on any atom is 0.163 e. The van der Waals surface area contributed by atoms with Crippen molar-refractivity contribution in [3.8, 4) is 17.9 Å². The van der Waals surface area contributed by atoms with E-state index in [1.165, 1.54) is 0 Å². The van der Waals surface area contributed by atoms with Crippen molar-refractivity contribution in [2.24, 2.45) is 0 Å². The maximum atomic E-state index is 8.92. The molecule has 1 unspecified atom stereocenters. The van der Waals surface area contributed by atoms with Crippen LogP contribution >= 0.6 is 0 Å². The highest BCUT2D eigenvalue weighted by atomic mass is 16.7. The van der Waals surface area contributed by atoms with Gasteiger partial charge in [-0.25, -0.2) is 0 Å². The van der Waals surface area contributed by atoms with Crippen LogP contribution in [-0.4, -0.2) is 25.1 Å². The van der Waals surface area contributed by atoms with Gasteiger partial charge >= 0.3 is 0 Å². The zero-order chi connectivity index (χ0) is 13.9. The third kappa shape index (κ3) is 3.23. The summed E-state index contributed by atoms with van der Waals surface area (Å²) in [5.74, 6) is -0.0277. The molecule has 98 valence electrons. The molecule has 1 aliphatic heterocycles. The normalized spacial score (nSPS) is 20.5. The fourth-order valence-corrected chi connectivity index (χ4v) is 1.84. The molecule has 0 amide bonds. The summed E-state index contributed by atoms with van der Waals surface area (Å²) in [6.45, 7) is 4.53. The minimum Gasteiger partial charge on any atom is -0.491 e. The van der Waals surface area contributed by atoms with Crippen LogP contribution < -0.4 is 4.74 Å². The third-order valence-electron chi connectivity index (χ3n) is 2.74. The molecule has 19 heavy (non-hydrogen) atoms. The Morgan fingerprint density at radius 3 is 2.63 bits per heavy atom. The quantitative estimate of drug-likeness (QED) is 0.828. The summed E-state index contributed by atoms with van der Waals surface area (Å²) in [5.41, 5.74) is 0.653. The summed E-state index contributed by atoms with van der Waals surface area (Å²) in [7, 11) is 0. The number of nitrogens with zero attached hydrogens (tertiary/aromatic N) is 2. The largest absolute Gasteiger partial charge is 0.491 e. The van der Waals surface area contributed by atoms with E-state index < -0.39 is 5.79 Å². The molecular formula is C14H14N2O3. The van der Waals surface area contributed by atoms with Crippen LogP contribution in [0.15, 0.2) is 18.2 Å². The van der Waals surface area contributed by atoms with Gasteiger partial charge in [0.25, 0.3) is 0 Å². The minimum absolute atomic E-state index is 0.129. The Morgan fingerprint density at radius 2 is 2.05 bits per heavy atom. The van der Waals surface area contributed by atoms with Gasteiger partial charge in [0.2, 0.25) is 0 Å². The molecule has 1 atom stereocenters. The lowest BCUT2D eigenvalue weighted by Gasteiger charge is -2.17. The highest BCUT2D eigenvalue weighted by molar-refractivity contribution is 5.49. The van der Waals surface area contributed by atoms with Crippen LogP contribution in [0.2, 0.25) is 0 Å². The summed E-state index contributed by atoms with van der Waals surface area (Å²) >= 11 is 0. The fourth-order valence-electron chi connectivity index (χ4n) is 1.84.